The Kier molecular flexibility index (Phi) is 6.34. The number of amides is 1. The van der Waals surface area contributed by atoms with Gasteiger partial charge in [-0.25, -0.2) is 9.78 Å². The minimum Gasteiger partial charge on any atom is -0.410 e. The quantitative estimate of drug-likeness (QED) is 0.644. The molecule has 2 aromatic carbocycles. The number of anilines is 2. The maximum Gasteiger partial charge on any atom is 0.417 e. The second-order valence-corrected chi connectivity index (χ2v) is 7.71. The molecule has 1 unspecified atom stereocenters. The molecule has 1 aliphatic heterocycles. The highest BCUT2D eigenvalue weighted by Gasteiger charge is 2.18. The van der Waals surface area contributed by atoms with E-state index in [1.807, 2.05) is 44.2 Å². The van der Waals surface area contributed by atoms with Crippen molar-refractivity contribution in [1.29, 1.82) is 5.26 Å². The van der Waals surface area contributed by atoms with Crippen LogP contribution in [0.4, 0.5) is 16.3 Å². The molecule has 1 aliphatic rings. The van der Waals surface area contributed by atoms with Gasteiger partial charge in [-0.1, -0.05) is 18.2 Å². The first-order valence-electron chi connectivity index (χ1n) is 10.4. The molecule has 1 saturated heterocycles. The van der Waals surface area contributed by atoms with E-state index in [2.05, 4.69) is 21.3 Å². The molecule has 32 heavy (non-hydrogen) atoms. The van der Waals surface area contributed by atoms with Crippen LogP contribution in [0.3, 0.4) is 0 Å². The summed E-state index contributed by atoms with van der Waals surface area (Å²) in [6.45, 7) is 6.28. The first-order valence-corrected chi connectivity index (χ1v) is 10.4. The van der Waals surface area contributed by atoms with Crippen LogP contribution in [0.5, 0.6) is 5.75 Å². The zero-order chi connectivity index (χ0) is 22.5. The van der Waals surface area contributed by atoms with E-state index >= 15 is 0 Å². The lowest BCUT2D eigenvalue weighted by Crippen LogP contribution is -2.41. The third kappa shape index (κ3) is 5.05. The zero-order valence-electron chi connectivity index (χ0n) is 18.0. The first kappa shape index (κ1) is 21.3. The van der Waals surface area contributed by atoms with Crippen molar-refractivity contribution < 1.29 is 14.3 Å². The molecule has 4 rings (SSSR count). The maximum atomic E-state index is 12.4. The van der Waals surface area contributed by atoms with Crippen molar-refractivity contribution in [2.24, 2.45) is 0 Å². The van der Waals surface area contributed by atoms with Gasteiger partial charge in [-0.15, -0.1) is 0 Å². The van der Waals surface area contributed by atoms with Crippen molar-refractivity contribution in [2.45, 2.75) is 20.0 Å². The van der Waals surface area contributed by atoms with Crippen LogP contribution in [-0.2, 0) is 4.74 Å². The normalized spacial score (nSPS) is 15.7. The van der Waals surface area contributed by atoms with Crippen molar-refractivity contribution >= 4 is 17.6 Å². The Bertz CT molecular complexity index is 1140. The number of ether oxygens (including phenoxy) is 2. The lowest BCUT2D eigenvalue weighted by molar-refractivity contribution is 0.0529. The number of nitrogens with zero attached hydrogens (tertiary/aromatic N) is 3. The molecule has 1 amide bonds. The number of nitrogens with one attached hydrogen (secondary N) is 1. The van der Waals surface area contributed by atoms with Crippen molar-refractivity contribution in [2.75, 3.05) is 29.9 Å². The molecule has 7 heteroatoms. The highest BCUT2D eigenvalue weighted by atomic mass is 16.6. The van der Waals surface area contributed by atoms with Crippen molar-refractivity contribution in [1.82, 2.24) is 4.98 Å². The molecular weight excluding hydrogens is 404 g/mol. The molecule has 0 radical (unpaired) electrons. The summed E-state index contributed by atoms with van der Waals surface area (Å²) in [6.07, 6.45) is 1.20. The number of aryl methyl sites for hydroxylation is 1. The van der Waals surface area contributed by atoms with Crippen LogP contribution >= 0.6 is 0 Å². The largest absolute Gasteiger partial charge is 0.417 e. The minimum absolute atomic E-state index is 0.169. The molecule has 1 fully saturated rings. The SMILES string of the molecule is Cc1ccc(OC(=O)Nc2ccc(N3CCOC(C)C3)nc2)cc1-c1ccc(C#N)cc1. The van der Waals surface area contributed by atoms with E-state index in [1.54, 1.807) is 30.5 Å². The van der Waals surface area contributed by atoms with E-state index in [0.29, 0.717) is 23.6 Å². The fourth-order valence-electron chi connectivity index (χ4n) is 3.62. The summed E-state index contributed by atoms with van der Waals surface area (Å²) in [6, 6.07) is 18.6. The van der Waals surface area contributed by atoms with Crippen LogP contribution in [0.15, 0.2) is 60.8 Å². The van der Waals surface area contributed by atoms with Crippen molar-refractivity contribution in [3.63, 3.8) is 0 Å². The summed E-state index contributed by atoms with van der Waals surface area (Å²) >= 11 is 0. The number of hydrogen-bond donors (Lipinski definition) is 1. The highest BCUT2D eigenvalue weighted by molar-refractivity contribution is 5.86. The van der Waals surface area contributed by atoms with E-state index in [0.717, 1.165) is 35.6 Å². The molecule has 0 bridgehead atoms. The second kappa shape index (κ2) is 9.50. The Morgan fingerprint density at radius 2 is 2.03 bits per heavy atom. The molecule has 3 aromatic rings. The number of pyridine rings is 1. The van der Waals surface area contributed by atoms with Crippen LogP contribution < -0.4 is 15.0 Å². The van der Waals surface area contributed by atoms with Gasteiger partial charge >= 0.3 is 6.09 Å². The Morgan fingerprint density at radius 3 is 2.72 bits per heavy atom. The van der Waals surface area contributed by atoms with Gasteiger partial charge in [0, 0.05) is 13.1 Å². The van der Waals surface area contributed by atoms with Gasteiger partial charge in [-0.3, -0.25) is 5.32 Å². The highest BCUT2D eigenvalue weighted by Crippen LogP contribution is 2.28. The van der Waals surface area contributed by atoms with Gasteiger partial charge in [0.2, 0.25) is 0 Å². The molecule has 2 heterocycles. The summed E-state index contributed by atoms with van der Waals surface area (Å²) < 4.78 is 11.0. The van der Waals surface area contributed by atoms with E-state index in [9.17, 15) is 4.79 Å². The number of carbonyl (C=O) groups is 1. The molecule has 0 saturated carbocycles. The van der Waals surface area contributed by atoms with Crippen molar-refractivity contribution in [3.05, 3.63) is 71.9 Å². The fourth-order valence-corrected chi connectivity index (χ4v) is 3.62. The third-order valence-electron chi connectivity index (χ3n) is 5.30. The molecular formula is C25H24N4O3. The Labute approximate surface area is 187 Å². The molecule has 0 aliphatic carbocycles. The molecule has 162 valence electrons. The van der Waals surface area contributed by atoms with E-state index in [1.165, 1.54) is 0 Å². The number of carbonyl (C=O) groups excluding carboxylic acids is 1. The number of benzene rings is 2. The van der Waals surface area contributed by atoms with E-state index in [-0.39, 0.29) is 6.10 Å². The lowest BCUT2D eigenvalue weighted by Gasteiger charge is -2.32. The molecule has 0 spiro atoms. The number of morpholine rings is 1. The molecule has 7 nitrogen and oxygen atoms in total. The third-order valence-corrected chi connectivity index (χ3v) is 5.30. The summed E-state index contributed by atoms with van der Waals surface area (Å²) in [7, 11) is 0. The van der Waals surface area contributed by atoms with Gasteiger partial charge in [-0.2, -0.15) is 5.26 Å². The molecule has 1 N–H and O–H groups in total. The van der Waals surface area contributed by atoms with Gasteiger partial charge in [0.1, 0.15) is 11.6 Å². The van der Waals surface area contributed by atoms with Crippen LogP contribution in [0.25, 0.3) is 11.1 Å². The first-order chi connectivity index (χ1) is 15.5. The average Bonchev–Trinajstić information content (AvgIpc) is 2.81. The Balaban J connectivity index is 1.41. The topological polar surface area (TPSA) is 87.5 Å². The molecule has 1 atom stereocenters. The number of hydrogen-bond acceptors (Lipinski definition) is 6. The fraction of sp³-hybridized carbons (Fsp3) is 0.240. The van der Waals surface area contributed by atoms with Gasteiger partial charge in [-0.05, 0) is 66.9 Å². The smallest absolute Gasteiger partial charge is 0.410 e. The predicted molar refractivity (Wildman–Crippen MR) is 123 cm³/mol. The average molecular weight is 428 g/mol. The number of aromatic nitrogens is 1. The summed E-state index contributed by atoms with van der Waals surface area (Å²) in [5, 5.41) is 11.7. The van der Waals surface area contributed by atoms with Crippen LogP contribution in [0, 0.1) is 18.3 Å². The molecule has 1 aromatic heterocycles. The second-order valence-electron chi connectivity index (χ2n) is 7.71. The zero-order valence-corrected chi connectivity index (χ0v) is 18.0. The van der Waals surface area contributed by atoms with Gasteiger partial charge in [0.05, 0.1) is 36.2 Å². The lowest BCUT2D eigenvalue weighted by atomic mass is 9.99. The van der Waals surface area contributed by atoms with E-state index in [4.69, 9.17) is 14.7 Å². The Hall–Kier alpha value is -3.89. The maximum absolute atomic E-state index is 12.4. The summed E-state index contributed by atoms with van der Waals surface area (Å²) in [5.41, 5.74) is 4.08. The number of nitriles is 1. The van der Waals surface area contributed by atoms with Gasteiger partial charge in [0.25, 0.3) is 0 Å². The van der Waals surface area contributed by atoms with Crippen LogP contribution in [-0.4, -0.2) is 36.9 Å². The van der Waals surface area contributed by atoms with Crippen LogP contribution in [0.1, 0.15) is 18.1 Å². The monoisotopic (exact) mass is 428 g/mol. The van der Waals surface area contributed by atoms with E-state index < -0.39 is 6.09 Å². The number of rotatable bonds is 4. The van der Waals surface area contributed by atoms with Gasteiger partial charge < -0.3 is 14.4 Å². The standard InChI is InChI=1S/C25H24N4O3/c1-17-3-9-22(13-23(17)20-6-4-19(14-26)5-7-20)32-25(30)28-21-8-10-24(27-15-21)29-11-12-31-18(2)16-29/h3-10,13,15,18H,11-12,16H2,1-2H3,(H,28,30). The predicted octanol–water partition coefficient (Wildman–Crippen LogP) is 4.76. The summed E-state index contributed by atoms with van der Waals surface area (Å²) in [5.74, 6) is 1.28. The summed E-state index contributed by atoms with van der Waals surface area (Å²) in [4.78, 5) is 19.0. The van der Waals surface area contributed by atoms with Crippen LogP contribution in [0.2, 0.25) is 0 Å². The van der Waals surface area contributed by atoms with Crippen molar-refractivity contribution in [3.8, 4) is 22.9 Å². The van der Waals surface area contributed by atoms with Gasteiger partial charge in [0.15, 0.2) is 0 Å². The Morgan fingerprint density at radius 1 is 1.22 bits per heavy atom. The minimum atomic E-state index is -0.589.